The number of amidine groups is 1. The third-order valence-electron chi connectivity index (χ3n) is 6.45. The first kappa shape index (κ1) is 32.0. The smallest absolute Gasteiger partial charge is 0.257 e. The Bertz CT molecular complexity index is 1750. The average molecular weight is 635 g/mol. The highest BCUT2D eigenvalue weighted by molar-refractivity contribution is 7.92. The van der Waals surface area contributed by atoms with Crippen molar-refractivity contribution in [2.24, 2.45) is 5.73 Å². The van der Waals surface area contributed by atoms with Gasteiger partial charge in [-0.05, 0) is 42.0 Å². The van der Waals surface area contributed by atoms with Crippen LogP contribution in [0.2, 0.25) is 5.02 Å². The molecule has 5 N–H and O–H groups in total. The highest BCUT2D eigenvalue weighted by Gasteiger charge is 2.25. The highest BCUT2D eigenvalue weighted by atomic mass is 35.5. The molecule has 0 aliphatic carbocycles. The van der Waals surface area contributed by atoms with Crippen LogP contribution in [0.5, 0.6) is 5.75 Å². The molecule has 0 atom stereocenters. The minimum absolute atomic E-state index is 0.00804. The van der Waals surface area contributed by atoms with Crippen LogP contribution in [0.1, 0.15) is 32.7 Å². The second-order valence-corrected chi connectivity index (χ2v) is 12.0. The summed E-state index contributed by atoms with van der Waals surface area (Å²) in [6.45, 7) is -0.363. The van der Waals surface area contributed by atoms with Crippen LogP contribution in [-0.4, -0.2) is 44.7 Å². The van der Waals surface area contributed by atoms with Crippen LogP contribution < -0.4 is 25.4 Å². The summed E-state index contributed by atoms with van der Waals surface area (Å²) in [4.78, 5) is 29.4. The summed E-state index contributed by atoms with van der Waals surface area (Å²) in [7, 11) is -2.47. The third kappa shape index (κ3) is 8.55. The number of halogens is 1. The number of benzene rings is 3. The average Bonchev–Trinajstić information content (AvgIpc) is 3.01. The molecule has 1 aromatic heterocycles. The summed E-state index contributed by atoms with van der Waals surface area (Å²) in [6.07, 6.45) is 1.57. The van der Waals surface area contributed by atoms with Crippen molar-refractivity contribution >= 4 is 45.0 Å². The molecule has 4 aromatic rings. The maximum absolute atomic E-state index is 13.7. The van der Waals surface area contributed by atoms with E-state index in [1.807, 2.05) is 0 Å². The number of nitrogens with two attached hydrogens (primary N) is 1. The van der Waals surface area contributed by atoms with Crippen molar-refractivity contribution in [3.05, 3.63) is 124 Å². The molecule has 0 fully saturated rings. The lowest BCUT2D eigenvalue weighted by molar-refractivity contribution is -0.122. The molecule has 0 aliphatic heterocycles. The topological polar surface area (TPSA) is 168 Å². The molecule has 1 heterocycles. The molecule has 13 heteroatoms. The maximum atomic E-state index is 13.7. The number of carbonyl (C=O) groups excluding carboxylic acids is 2. The van der Waals surface area contributed by atoms with Crippen molar-refractivity contribution in [3.63, 3.8) is 0 Å². The van der Waals surface area contributed by atoms with Crippen LogP contribution in [0.25, 0.3) is 0 Å². The number of sulfonamides is 1. The van der Waals surface area contributed by atoms with Gasteiger partial charge in [0.1, 0.15) is 11.6 Å². The number of nitrogens with zero attached hydrogens (tertiary/aromatic N) is 2. The first-order valence-electron chi connectivity index (χ1n) is 13.4. The van der Waals surface area contributed by atoms with Crippen LogP contribution >= 0.6 is 11.6 Å². The van der Waals surface area contributed by atoms with E-state index in [1.54, 1.807) is 66.9 Å². The Kier molecular flexibility index (Phi) is 10.5. The van der Waals surface area contributed by atoms with Gasteiger partial charge in [0.25, 0.3) is 11.8 Å². The molecule has 0 radical (unpaired) electrons. The fraction of sp³-hybridized carbons (Fsp3) is 0.161. The molecule has 4 rings (SSSR count). The lowest BCUT2D eigenvalue weighted by Crippen LogP contribution is -2.32. The molecule has 11 nitrogen and oxygen atoms in total. The Balaban J connectivity index is 1.61. The fourth-order valence-electron chi connectivity index (χ4n) is 4.20. The Morgan fingerprint density at radius 1 is 1.00 bits per heavy atom. The Morgan fingerprint density at radius 3 is 2.43 bits per heavy atom. The molecule has 2 amide bonds. The summed E-state index contributed by atoms with van der Waals surface area (Å²) < 4.78 is 34.3. The van der Waals surface area contributed by atoms with E-state index in [4.69, 9.17) is 27.5 Å². The number of hydrogen-bond acceptors (Lipinski definition) is 7. The fourth-order valence-corrected chi connectivity index (χ4v) is 5.95. The summed E-state index contributed by atoms with van der Waals surface area (Å²) in [5, 5.41) is 13.1. The summed E-state index contributed by atoms with van der Waals surface area (Å²) >= 11 is 6.42. The van der Waals surface area contributed by atoms with Gasteiger partial charge in [-0.2, -0.15) is 0 Å². The standard InChI is InChI=1S/C31H31ClN6O5S/c1-35-29(39)19-43-28-15-22(30(33)34)10-11-23(28)17-37-31(40)24-13-25(32)16-27(14-24)38(18-26-9-5-6-12-36-26)44(41,42)20-21-7-3-2-4-8-21/h2-16H,17-20H2,1H3,(H3,33,34)(H,35,39)(H,37,40). The molecule has 44 heavy (non-hydrogen) atoms. The van der Waals surface area contributed by atoms with Gasteiger partial charge in [-0.3, -0.25) is 24.3 Å². The molecule has 0 saturated carbocycles. The number of likely N-dealkylation sites (N-methyl/N-ethyl adjacent to an activating group) is 1. The van der Waals surface area contributed by atoms with Gasteiger partial charge in [-0.25, -0.2) is 8.42 Å². The van der Waals surface area contributed by atoms with Gasteiger partial charge in [-0.1, -0.05) is 60.1 Å². The van der Waals surface area contributed by atoms with Gasteiger partial charge in [0.15, 0.2) is 6.61 Å². The van der Waals surface area contributed by atoms with Gasteiger partial charge in [0.2, 0.25) is 10.0 Å². The van der Waals surface area contributed by atoms with E-state index in [0.717, 1.165) is 0 Å². The van der Waals surface area contributed by atoms with E-state index in [0.29, 0.717) is 22.4 Å². The van der Waals surface area contributed by atoms with Crippen LogP contribution in [0.3, 0.4) is 0 Å². The predicted octanol–water partition coefficient (Wildman–Crippen LogP) is 3.61. The van der Waals surface area contributed by atoms with Crippen LogP contribution in [0.4, 0.5) is 5.69 Å². The van der Waals surface area contributed by atoms with Crippen molar-refractivity contribution in [2.45, 2.75) is 18.8 Å². The number of nitrogens with one attached hydrogen (secondary N) is 3. The van der Waals surface area contributed by atoms with Gasteiger partial charge < -0.3 is 21.1 Å². The Labute approximate surface area is 260 Å². The second-order valence-electron chi connectivity index (χ2n) is 9.65. The number of rotatable bonds is 13. The maximum Gasteiger partial charge on any atom is 0.257 e. The van der Waals surface area contributed by atoms with E-state index in [-0.39, 0.29) is 59.2 Å². The third-order valence-corrected chi connectivity index (χ3v) is 8.38. The molecule has 0 spiro atoms. The Morgan fingerprint density at radius 2 is 1.75 bits per heavy atom. The largest absolute Gasteiger partial charge is 0.483 e. The van der Waals surface area contributed by atoms with E-state index in [2.05, 4.69) is 15.6 Å². The SMILES string of the molecule is CNC(=O)COc1cc(C(=N)N)ccc1CNC(=O)c1cc(Cl)cc(N(Cc2ccccn2)S(=O)(=O)Cc2ccccc2)c1. The van der Waals surface area contributed by atoms with E-state index in [9.17, 15) is 18.0 Å². The second kappa shape index (κ2) is 14.5. The number of hydrogen-bond donors (Lipinski definition) is 4. The summed E-state index contributed by atoms with van der Waals surface area (Å²) in [6, 6.07) is 23.1. The summed E-state index contributed by atoms with van der Waals surface area (Å²) in [5.41, 5.74) is 7.95. The zero-order valence-electron chi connectivity index (χ0n) is 23.8. The van der Waals surface area contributed by atoms with Crippen molar-refractivity contribution in [1.29, 1.82) is 5.41 Å². The van der Waals surface area contributed by atoms with Crippen molar-refractivity contribution in [3.8, 4) is 5.75 Å². The number of aromatic nitrogens is 1. The molecule has 0 unspecified atom stereocenters. The van der Waals surface area contributed by atoms with Crippen LogP contribution in [0.15, 0.2) is 91.1 Å². The van der Waals surface area contributed by atoms with Gasteiger partial charge >= 0.3 is 0 Å². The quantitative estimate of drug-likeness (QED) is 0.129. The van der Waals surface area contributed by atoms with Gasteiger partial charge in [-0.15, -0.1) is 0 Å². The molecule has 0 saturated heterocycles. The number of anilines is 1. The zero-order chi connectivity index (χ0) is 31.7. The van der Waals surface area contributed by atoms with Crippen LogP contribution in [-0.2, 0) is 33.7 Å². The number of nitrogen functional groups attached to an aromatic ring is 1. The zero-order valence-corrected chi connectivity index (χ0v) is 25.4. The van der Waals surface area contributed by atoms with Crippen molar-refractivity contribution in [1.82, 2.24) is 15.6 Å². The van der Waals surface area contributed by atoms with E-state index >= 15 is 0 Å². The number of amides is 2. The Hall–Kier alpha value is -4.94. The molecule has 0 aliphatic rings. The lowest BCUT2D eigenvalue weighted by Gasteiger charge is -2.25. The van der Waals surface area contributed by atoms with E-state index < -0.39 is 15.9 Å². The number of pyridine rings is 1. The monoisotopic (exact) mass is 634 g/mol. The first-order valence-corrected chi connectivity index (χ1v) is 15.4. The molecular formula is C31H31ClN6O5S. The number of ether oxygens (including phenoxy) is 1. The van der Waals surface area contributed by atoms with Crippen molar-refractivity contribution < 1.29 is 22.7 Å². The molecule has 0 bridgehead atoms. The highest BCUT2D eigenvalue weighted by Crippen LogP contribution is 2.28. The predicted molar refractivity (Wildman–Crippen MR) is 169 cm³/mol. The van der Waals surface area contributed by atoms with Crippen LogP contribution in [0, 0.1) is 5.41 Å². The molecule has 228 valence electrons. The molecular weight excluding hydrogens is 604 g/mol. The normalized spacial score (nSPS) is 11.0. The lowest BCUT2D eigenvalue weighted by atomic mass is 10.1. The van der Waals surface area contributed by atoms with Gasteiger partial charge in [0, 0.05) is 41.5 Å². The minimum Gasteiger partial charge on any atom is -0.483 e. The van der Waals surface area contributed by atoms with E-state index in [1.165, 1.54) is 35.6 Å². The van der Waals surface area contributed by atoms with Crippen molar-refractivity contribution in [2.75, 3.05) is 18.0 Å². The van der Waals surface area contributed by atoms with Gasteiger partial charge in [0.05, 0.1) is 23.7 Å². The minimum atomic E-state index is -3.95. The number of carbonyl (C=O) groups is 2. The molecule has 3 aromatic carbocycles. The first-order chi connectivity index (χ1) is 21.1. The summed E-state index contributed by atoms with van der Waals surface area (Å²) in [5.74, 6) is -1.09.